The molecule has 0 N–H and O–H groups in total. The van der Waals surface area contributed by atoms with E-state index in [2.05, 4.69) is 23.4 Å². The standard InChI is InChI=1S/C17H14ClNO2S/c1-11-5-6-16-14(9-11)15(7-8-22-16)19-21-17(20)12-3-2-4-13(18)10-12/h2-6,9-10H,7-8H2,1H3/b19-15+. The van der Waals surface area contributed by atoms with Crippen LogP contribution in [0.25, 0.3) is 0 Å². The first-order chi connectivity index (χ1) is 10.6. The SMILES string of the molecule is Cc1ccc2c(c1)/C(=N/OC(=O)c1cccc(Cl)c1)CCS2. The molecule has 22 heavy (non-hydrogen) atoms. The summed E-state index contributed by atoms with van der Waals surface area (Å²) in [5.41, 5.74) is 3.42. The van der Waals surface area contributed by atoms with E-state index in [0.29, 0.717) is 10.6 Å². The van der Waals surface area contributed by atoms with Gasteiger partial charge in [-0.15, -0.1) is 11.8 Å². The highest BCUT2D eigenvalue weighted by molar-refractivity contribution is 7.99. The molecule has 2 aromatic rings. The molecule has 0 bridgehead atoms. The van der Waals surface area contributed by atoms with E-state index in [1.54, 1.807) is 36.0 Å². The van der Waals surface area contributed by atoms with Crippen LogP contribution >= 0.6 is 23.4 Å². The highest BCUT2D eigenvalue weighted by Gasteiger charge is 2.17. The van der Waals surface area contributed by atoms with Crippen molar-refractivity contribution < 1.29 is 9.63 Å². The van der Waals surface area contributed by atoms with Crippen LogP contribution in [-0.2, 0) is 4.84 Å². The van der Waals surface area contributed by atoms with Crippen molar-refractivity contribution in [2.24, 2.45) is 5.16 Å². The average molecular weight is 332 g/mol. The molecule has 0 amide bonds. The first-order valence-electron chi connectivity index (χ1n) is 6.91. The van der Waals surface area contributed by atoms with Gasteiger partial charge in [0.05, 0.1) is 11.3 Å². The summed E-state index contributed by atoms with van der Waals surface area (Å²) in [5.74, 6) is 0.436. The fourth-order valence-electron chi connectivity index (χ4n) is 2.25. The average Bonchev–Trinajstić information content (AvgIpc) is 2.52. The molecule has 0 aromatic heterocycles. The van der Waals surface area contributed by atoms with Gasteiger partial charge in [0.2, 0.25) is 0 Å². The third kappa shape index (κ3) is 3.34. The van der Waals surface area contributed by atoms with Crippen molar-refractivity contribution in [1.29, 1.82) is 0 Å². The molecule has 5 heteroatoms. The van der Waals surface area contributed by atoms with E-state index in [4.69, 9.17) is 16.4 Å². The van der Waals surface area contributed by atoms with Crippen LogP contribution in [0, 0.1) is 6.92 Å². The van der Waals surface area contributed by atoms with Gasteiger partial charge in [-0.05, 0) is 37.3 Å². The van der Waals surface area contributed by atoms with E-state index in [0.717, 1.165) is 29.0 Å². The number of benzene rings is 2. The van der Waals surface area contributed by atoms with Crippen LogP contribution in [0.1, 0.15) is 27.9 Å². The molecule has 112 valence electrons. The Balaban J connectivity index is 1.82. The summed E-state index contributed by atoms with van der Waals surface area (Å²) in [6.45, 7) is 2.04. The molecule has 1 aliphatic rings. The smallest absolute Gasteiger partial charge is 0.313 e. The minimum atomic E-state index is -0.498. The van der Waals surface area contributed by atoms with Crippen molar-refractivity contribution in [2.75, 3.05) is 5.75 Å². The zero-order valence-electron chi connectivity index (χ0n) is 12.0. The van der Waals surface area contributed by atoms with Crippen LogP contribution in [0.15, 0.2) is 52.5 Å². The van der Waals surface area contributed by atoms with E-state index in [9.17, 15) is 4.79 Å². The Morgan fingerprint density at radius 2 is 2.14 bits per heavy atom. The molecule has 0 saturated carbocycles. The molecule has 0 atom stereocenters. The van der Waals surface area contributed by atoms with Crippen LogP contribution in [-0.4, -0.2) is 17.4 Å². The predicted octanol–water partition coefficient (Wildman–Crippen LogP) is 4.71. The number of hydrogen-bond donors (Lipinski definition) is 0. The fourth-order valence-corrected chi connectivity index (χ4v) is 3.45. The summed E-state index contributed by atoms with van der Waals surface area (Å²) in [4.78, 5) is 18.3. The van der Waals surface area contributed by atoms with Crippen molar-refractivity contribution >= 4 is 35.0 Å². The van der Waals surface area contributed by atoms with E-state index in [1.165, 1.54) is 4.90 Å². The lowest BCUT2D eigenvalue weighted by Gasteiger charge is -2.17. The van der Waals surface area contributed by atoms with Gasteiger partial charge in [0, 0.05) is 27.7 Å². The first kappa shape index (κ1) is 15.1. The maximum atomic E-state index is 12.0. The number of carbonyl (C=O) groups is 1. The van der Waals surface area contributed by atoms with Gasteiger partial charge in [-0.2, -0.15) is 0 Å². The summed E-state index contributed by atoms with van der Waals surface area (Å²) < 4.78 is 0. The Labute approximate surface area is 138 Å². The lowest BCUT2D eigenvalue weighted by molar-refractivity contribution is 0.0516. The molecular formula is C17H14ClNO2S. The molecule has 0 aliphatic carbocycles. The Hall–Kier alpha value is -1.78. The summed E-state index contributed by atoms with van der Waals surface area (Å²) in [7, 11) is 0. The summed E-state index contributed by atoms with van der Waals surface area (Å²) in [5, 5.41) is 4.58. The van der Waals surface area contributed by atoms with Gasteiger partial charge >= 0.3 is 5.97 Å². The monoisotopic (exact) mass is 331 g/mol. The van der Waals surface area contributed by atoms with Gasteiger partial charge in [0.1, 0.15) is 0 Å². The second-order valence-electron chi connectivity index (χ2n) is 5.03. The summed E-state index contributed by atoms with van der Waals surface area (Å²) in [6, 6.07) is 12.9. The lowest BCUT2D eigenvalue weighted by atomic mass is 10.1. The van der Waals surface area contributed by atoms with E-state index < -0.39 is 5.97 Å². The number of halogens is 1. The Bertz CT molecular complexity index is 758. The lowest BCUT2D eigenvalue weighted by Crippen LogP contribution is -2.12. The Morgan fingerprint density at radius 3 is 2.95 bits per heavy atom. The molecule has 0 saturated heterocycles. The van der Waals surface area contributed by atoms with Crippen molar-refractivity contribution in [3.8, 4) is 0 Å². The number of aryl methyl sites for hydroxylation is 1. The quantitative estimate of drug-likeness (QED) is 0.591. The van der Waals surface area contributed by atoms with E-state index in [1.807, 2.05) is 6.92 Å². The summed E-state index contributed by atoms with van der Waals surface area (Å²) >= 11 is 7.67. The highest BCUT2D eigenvalue weighted by atomic mass is 35.5. The number of nitrogens with zero attached hydrogens (tertiary/aromatic N) is 1. The molecule has 1 aliphatic heterocycles. The van der Waals surface area contributed by atoms with Crippen LogP contribution in [0.3, 0.4) is 0 Å². The van der Waals surface area contributed by atoms with Crippen LogP contribution < -0.4 is 0 Å². The molecule has 3 nitrogen and oxygen atoms in total. The number of hydrogen-bond acceptors (Lipinski definition) is 4. The minimum absolute atomic E-state index is 0.395. The van der Waals surface area contributed by atoms with Gasteiger partial charge in [0.15, 0.2) is 0 Å². The van der Waals surface area contributed by atoms with Crippen molar-refractivity contribution in [1.82, 2.24) is 0 Å². The van der Waals surface area contributed by atoms with Crippen LogP contribution in [0.4, 0.5) is 0 Å². The topological polar surface area (TPSA) is 38.7 Å². The first-order valence-corrected chi connectivity index (χ1v) is 8.27. The molecule has 2 aromatic carbocycles. The van der Waals surface area contributed by atoms with Gasteiger partial charge in [-0.25, -0.2) is 4.79 Å². The van der Waals surface area contributed by atoms with Gasteiger partial charge in [0.25, 0.3) is 0 Å². The minimum Gasteiger partial charge on any atom is -0.313 e. The van der Waals surface area contributed by atoms with Gasteiger partial charge < -0.3 is 4.84 Å². The number of thioether (sulfide) groups is 1. The number of fused-ring (bicyclic) bond motifs is 1. The van der Waals surface area contributed by atoms with Crippen LogP contribution in [0.5, 0.6) is 0 Å². The van der Waals surface area contributed by atoms with Crippen molar-refractivity contribution in [3.05, 3.63) is 64.2 Å². The van der Waals surface area contributed by atoms with Gasteiger partial charge in [-0.3, -0.25) is 0 Å². The number of carbonyl (C=O) groups excluding carboxylic acids is 1. The second-order valence-corrected chi connectivity index (χ2v) is 6.60. The molecule has 1 heterocycles. The molecule has 0 radical (unpaired) electrons. The molecule has 3 rings (SSSR count). The molecule has 0 spiro atoms. The Kier molecular flexibility index (Phi) is 4.50. The predicted molar refractivity (Wildman–Crippen MR) is 89.9 cm³/mol. The zero-order valence-corrected chi connectivity index (χ0v) is 13.6. The highest BCUT2D eigenvalue weighted by Crippen LogP contribution is 2.31. The molecular weight excluding hydrogens is 318 g/mol. The number of rotatable bonds is 2. The normalized spacial score (nSPS) is 15.5. The number of oxime groups is 1. The summed E-state index contributed by atoms with van der Waals surface area (Å²) in [6.07, 6.45) is 0.782. The third-order valence-electron chi connectivity index (χ3n) is 3.34. The molecule has 0 fully saturated rings. The maximum Gasteiger partial charge on any atom is 0.365 e. The molecule has 0 unspecified atom stereocenters. The zero-order chi connectivity index (χ0) is 15.5. The largest absolute Gasteiger partial charge is 0.365 e. The van der Waals surface area contributed by atoms with Crippen LogP contribution in [0.2, 0.25) is 5.02 Å². The van der Waals surface area contributed by atoms with Gasteiger partial charge in [-0.1, -0.05) is 34.5 Å². The maximum absolute atomic E-state index is 12.0. The van der Waals surface area contributed by atoms with E-state index in [-0.39, 0.29) is 0 Å². The van der Waals surface area contributed by atoms with E-state index >= 15 is 0 Å². The second kappa shape index (κ2) is 6.55. The Morgan fingerprint density at radius 1 is 1.27 bits per heavy atom. The fraction of sp³-hybridized carbons (Fsp3) is 0.176. The van der Waals surface area contributed by atoms with Crippen molar-refractivity contribution in [2.45, 2.75) is 18.2 Å². The third-order valence-corrected chi connectivity index (χ3v) is 4.65. The van der Waals surface area contributed by atoms with Crippen molar-refractivity contribution in [3.63, 3.8) is 0 Å².